The summed E-state index contributed by atoms with van der Waals surface area (Å²) < 4.78 is 13.9. The quantitative estimate of drug-likeness (QED) is 0.647. The third-order valence-corrected chi connectivity index (χ3v) is 3.55. The highest BCUT2D eigenvalue weighted by molar-refractivity contribution is 5.62. The van der Waals surface area contributed by atoms with Crippen LogP contribution in [0.25, 0.3) is 0 Å². The van der Waals surface area contributed by atoms with Gasteiger partial charge >= 0.3 is 0 Å². The number of nitrogens with two attached hydrogens (primary N) is 1. The summed E-state index contributed by atoms with van der Waals surface area (Å²) in [6.45, 7) is 8.18. The van der Waals surface area contributed by atoms with E-state index in [1.807, 2.05) is 6.92 Å². The fraction of sp³-hybridized carbons (Fsp3) is 0.538. The molecule has 0 saturated carbocycles. The van der Waals surface area contributed by atoms with E-state index < -0.39 is 0 Å². The van der Waals surface area contributed by atoms with Crippen molar-refractivity contribution in [3.63, 3.8) is 0 Å². The van der Waals surface area contributed by atoms with Gasteiger partial charge in [0.05, 0.1) is 0 Å². The largest absolute Gasteiger partial charge is 0.398 e. The Balaban J connectivity index is 2.78. The third-order valence-electron chi connectivity index (χ3n) is 3.55. The van der Waals surface area contributed by atoms with E-state index in [4.69, 9.17) is 5.73 Å². The second-order valence-electron chi connectivity index (χ2n) is 5.37. The van der Waals surface area contributed by atoms with E-state index in [1.165, 1.54) is 0 Å². The van der Waals surface area contributed by atoms with Gasteiger partial charge in [-0.2, -0.15) is 0 Å². The molecule has 1 unspecified atom stereocenters. The average Bonchev–Trinajstić information content (AvgIpc) is 2.32. The summed E-state index contributed by atoms with van der Waals surface area (Å²) in [5, 5.41) is 0. The molecule has 15 heavy (non-hydrogen) atoms. The average molecular weight is 207 g/mol. The van der Waals surface area contributed by atoms with Gasteiger partial charge in [-0.05, 0) is 47.4 Å². The lowest BCUT2D eigenvalue weighted by Crippen LogP contribution is -2.14. The number of anilines is 1. The molecule has 1 aliphatic carbocycles. The minimum Gasteiger partial charge on any atom is -0.398 e. The van der Waals surface area contributed by atoms with Gasteiger partial charge in [-0.25, -0.2) is 4.39 Å². The van der Waals surface area contributed by atoms with Gasteiger partial charge in [0.25, 0.3) is 0 Å². The minimum atomic E-state index is -0.0916. The Morgan fingerprint density at radius 2 is 2.07 bits per heavy atom. The Bertz CT molecular complexity index is 421. The van der Waals surface area contributed by atoms with Crippen LogP contribution >= 0.6 is 0 Å². The van der Waals surface area contributed by atoms with E-state index in [2.05, 4.69) is 20.8 Å². The zero-order valence-electron chi connectivity index (χ0n) is 9.82. The van der Waals surface area contributed by atoms with Crippen LogP contribution in [0.15, 0.2) is 6.07 Å². The van der Waals surface area contributed by atoms with Crippen molar-refractivity contribution >= 4 is 5.69 Å². The van der Waals surface area contributed by atoms with Crippen molar-refractivity contribution in [3.8, 4) is 0 Å². The first-order chi connectivity index (χ1) is 6.84. The number of hydrogen-bond acceptors (Lipinski definition) is 1. The second-order valence-corrected chi connectivity index (χ2v) is 5.37. The van der Waals surface area contributed by atoms with Crippen LogP contribution in [-0.4, -0.2) is 0 Å². The van der Waals surface area contributed by atoms with Crippen molar-refractivity contribution in [1.82, 2.24) is 0 Å². The number of benzene rings is 1. The molecule has 82 valence electrons. The molecule has 0 bridgehead atoms. The van der Waals surface area contributed by atoms with Gasteiger partial charge in [0.1, 0.15) is 5.82 Å². The van der Waals surface area contributed by atoms with Crippen LogP contribution in [0.1, 0.15) is 49.8 Å². The van der Waals surface area contributed by atoms with E-state index in [-0.39, 0.29) is 11.2 Å². The fourth-order valence-corrected chi connectivity index (χ4v) is 2.99. The van der Waals surface area contributed by atoms with Gasteiger partial charge in [-0.3, -0.25) is 0 Å². The molecule has 1 aromatic rings. The Morgan fingerprint density at radius 3 is 2.67 bits per heavy atom. The van der Waals surface area contributed by atoms with Crippen molar-refractivity contribution in [3.05, 3.63) is 28.6 Å². The van der Waals surface area contributed by atoms with Gasteiger partial charge in [0, 0.05) is 5.69 Å². The molecular weight excluding hydrogens is 189 g/mol. The van der Waals surface area contributed by atoms with Gasteiger partial charge in [0.2, 0.25) is 0 Å². The predicted octanol–water partition coefficient (Wildman–Crippen LogP) is 3.50. The lowest BCUT2D eigenvalue weighted by molar-refractivity contribution is 0.467. The number of nitrogen functional groups attached to an aromatic ring is 1. The molecule has 0 saturated heterocycles. The standard InChI is InChI=1S/C13H18FN/c1-7-5-9(14)11-10(12(7)15)8(2)6-13(11,3)4/h5,8H,6,15H2,1-4H3. The van der Waals surface area contributed by atoms with E-state index in [1.54, 1.807) is 6.07 Å². The monoisotopic (exact) mass is 207 g/mol. The summed E-state index contributed by atoms with van der Waals surface area (Å²) >= 11 is 0. The Morgan fingerprint density at radius 1 is 1.47 bits per heavy atom. The summed E-state index contributed by atoms with van der Waals surface area (Å²) in [5.41, 5.74) is 9.48. The summed E-state index contributed by atoms with van der Waals surface area (Å²) in [5.74, 6) is 0.274. The topological polar surface area (TPSA) is 26.0 Å². The van der Waals surface area contributed by atoms with Crippen LogP contribution in [0, 0.1) is 12.7 Å². The van der Waals surface area contributed by atoms with Crippen LogP contribution in [0.3, 0.4) is 0 Å². The van der Waals surface area contributed by atoms with Crippen LogP contribution in [-0.2, 0) is 5.41 Å². The van der Waals surface area contributed by atoms with Gasteiger partial charge in [0.15, 0.2) is 0 Å². The van der Waals surface area contributed by atoms with Crippen LogP contribution < -0.4 is 5.73 Å². The van der Waals surface area contributed by atoms with Crippen molar-refractivity contribution in [2.45, 2.75) is 45.4 Å². The van der Waals surface area contributed by atoms with Gasteiger partial charge in [-0.1, -0.05) is 20.8 Å². The maximum Gasteiger partial charge on any atom is 0.127 e. The molecule has 0 aliphatic heterocycles. The van der Waals surface area contributed by atoms with E-state index in [0.717, 1.165) is 28.8 Å². The molecule has 1 nitrogen and oxygen atoms in total. The molecule has 2 N–H and O–H groups in total. The predicted molar refractivity (Wildman–Crippen MR) is 61.6 cm³/mol. The number of fused-ring (bicyclic) bond motifs is 1. The summed E-state index contributed by atoms with van der Waals surface area (Å²) in [6.07, 6.45) is 0.979. The van der Waals surface area contributed by atoms with Gasteiger partial charge in [-0.15, -0.1) is 0 Å². The van der Waals surface area contributed by atoms with Crippen molar-refractivity contribution in [1.29, 1.82) is 0 Å². The minimum absolute atomic E-state index is 0.0827. The molecule has 2 heteroatoms. The van der Waals surface area contributed by atoms with Crippen LogP contribution in [0.2, 0.25) is 0 Å². The SMILES string of the molecule is Cc1cc(F)c2c(c1N)C(C)CC2(C)C. The molecule has 1 aromatic carbocycles. The smallest absolute Gasteiger partial charge is 0.127 e. The third kappa shape index (κ3) is 1.35. The molecule has 0 fully saturated rings. The highest BCUT2D eigenvalue weighted by Gasteiger charge is 2.38. The van der Waals surface area contributed by atoms with Crippen LogP contribution in [0.5, 0.6) is 0 Å². The maximum absolute atomic E-state index is 13.9. The normalized spacial score (nSPS) is 22.9. The fourth-order valence-electron chi connectivity index (χ4n) is 2.99. The second kappa shape index (κ2) is 2.97. The summed E-state index contributed by atoms with van der Waals surface area (Å²) in [7, 11) is 0. The molecule has 0 radical (unpaired) electrons. The molecule has 1 atom stereocenters. The molecule has 0 aromatic heterocycles. The lowest BCUT2D eigenvalue weighted by Gasteiger charge is -2.20. The summed E-state index contributed by atoms with van der Waals surface area (Å²) in [6, 6.07) is 1.56. The first-order valence-electron chi connectivity index (χ1n) is 5.43. The van der Waals surface area contributed by atoms with Gasteiger partial charge < -0.3 is 5.73 Å². The molecular formula is C13H18FN. The number of aryl methyl sites for hydroxylation is 1. The Labute approximate surface area is 90.5 Å². The van der Waals surface area contributed by atoms with E-state index >= 15 is 0 Å². The highest BCUT2D eigenvalue weighted by Crippen LogP contribution is 2.49. The molecule has 0 heterocycles. The van der Waals surface area contributed by atoms with Crippen molar-refractivity contribution in [2.75, 3.05) is 5.73 Å². The number of hydrogen-bond donors (Lipinski definition) is 1. The highest BCUT2D eigenvalue weighted by atomic mass is 19.1. The molecule has 2 rings (SSSR count). The first-order valence-corrected chi connectivity index (χ1v) is 5.43. The van der Waals surface area contributed by atoms with E-state index in [9.17, 15) is 4.39 Å². The molecule has 0 amide bonds. The lowest BCUT2D eigenvalue weighted by atomic mass is 9.85. The zero-order chi connectivity index (χ0) is 11.4. The zero-order valence-corrected chi connectivity index (χ0v) is 9.82. The van der Waals surface area contributed by atoms with Crippen molar-refractivity contribution in [2.24, 2.45) is 0 Å². The Kier molecular flexibility index (Phi) is 2.07. The molecule has 1 aliphatic rings. The van der Waals surface area contributed by atoms with Crippen LogP contribution in [0.4, 0.5) is 10.1 Å². The number of halogens is 1. The first kappa shape index (κ1) is 10.5. The molecule has 0 spiro atoms. The van der Waals surface area contributed by atoms with Crippen molar-refractivity contribution < 1.29 is 4.39 Å². The van der Waals surface area contributed by atoms with E-state index in [0.29, 0.717) is 5.92 Å². The maximum atomic E-state index is 13.9. The number of rotatable bonds is 0. The Hall–Kier alpha value is -1.05. The summed E-state index contributed by atoms with van der Waals surface area (Å²) in [4.78, 5) is 0.